The largest absolute Gasteiger partial charge is 0.390 e. The van der Waals surface area contributed by atoms with Gasteiger partial charge in [0.25, 0.3) is 0 Å². The van der Waals surface area contributed by atoms with Crippen LogP contribution in [0.5, 0.6) is 0 Å². The van der Waals surface area contributed by atoms with Crippen molar-refractivity contribution in [3.63, 3.8) is 0 Å². The first kappa shape index (κ1) is 10.4. The van der Waals surface area contributed by atoms with E-state index in [1.54, 1.807) is 7.11 Å². The molecular formula is C11H20O3. The molecule has 0 bridgehead atoms. The first-order valence-corrected chi connectivity index (χ1v) is 5.59. The lowest BCUT2D eigenvalue weighted by atomic mass is 9.74. The summed E-state index contributed by atoms with van der Waals surface area (Å²) in [6.45, 7) is 0.907. The maximum Gasteiger partial charge on any atom is 0.0698 e. The van der Waals surface area contributed by atoms with Crippen LogP contribution in [-0.4, -0.2) is 36.6 Å². The summed E-state index contributed by atoms with van der Waals surface area (Å²) in [7, 11) is 1.71. The molecule has 82 valence electrons. The van der Waals surface area contributed by atoms with Crippen molar-refractivity contribution in [2.24, 2.45) is 0 Å². The third-order valence-electron chi connectivity index (χ3n) is 3.50. The summed E-state index contributed by atoms with van der Waals surface area (Å²) < 4.78 is 10.7. The smallest absolute Gasteiger partial charge is 0.0698 e. The fourth-order valence-electron chi connectivity index (χ4n) is 2.46. The Balaban J connectivity index is 1.65. The number of hydrogen-bond acceptors (Lipinski definition) is 3. The molecule has 1 saturated carbocycles. The molecule has 1 atom stereocenters. The highest BCUT2D eigenvalue weighted by Gasteiger charge is 2.42. The van der Waals surface area contributed by atoms with Crippen LogP contribution in [0.1, 0.15) is 38.5 Å². The van der Waals surface area contributed by atoms with Gasteiger partial charge in [-0.05, 0) is 25.7 Å². The molecule has 0 aromatic rings. The van der Waals surface area contributed by atoms with Gasteiger partial charge < -0.3 is 14.6 Å². The van der Waals surface area contributed by atoms with E-state index < -0.39 is 5.60 Å². The minimum absolute atomic E-state index is 0.282. The standard InChI is InChI=1S/C11H20O3/c1-13-10-7-11(12,8-10)5-4-9-3-2-6-14-9/h9-10,12H,2-8H2,1H3. The van der Waals surface area contributed by atoms with Gasteiger partial charge in [0.1, 0.15) is 0 Å². The van der Waals surface area contributed by atoms with Gasteiger partial charge in [-0.2, -0.15) is 0 Å². The third kappa shape index (κ3) is 2.27. The molecule has 14 heavy (non-hydrogen) atoms. The number of rotatable bonds is 4. The Morgan fingerprint density at radius 2 is 2.29 bits per heavy atom. The number of ether oxygens (including phenoxy) is 2. The van der Waals surface area contributed by atoms with Crippen molar-refractivity contribution in [1.29, 1.82) is 0 Å². The van der Waals surface area contributed by atoms with Gasteiger partial charge in [0.15, 0.2) is 0 Å². The highest BCUT2D eigenvalue weighted by molar-refractivity contribution is 4.95. The van der Waals surface area contributed by atoms with Crippen molar-refractivity contribution in [3.05, 3.63) is 0 Å². The predicted molar refractivity (Wildman–Crippen MR) is 53.2 cm³/mol. The van der Waals surface area contributed by atoms with Crippen LogP contribution in [0.15, 0.2) is 0 Å². The number of hydrogen-bond donors (Lipinski definition) is 1. The molecule has 2 fully saturated rings. The van der Waals surface area contributed by atoms with Gasteiger partial charge in [-0.3, -0.25) is 0 Å². The van der Waals surface area contributed by atoms with E-state index in [-0.39, 0.29) is 6.10 Å². The quantitative estimate of drug-likeness (QED) is 0.747. The second kappa shape index (κ2) is 4.17. The molecule has 0 aromatic carbocycles. The monoisotopic (exact) mass is 200 g/mol. The molecule has 1 N–H and O–H groups in total. The molecule has 2 aliphatic rings. The second-order valence-electron chi connectivity index (χ2n) is 4.66. The Hall–Kier alpha value is -0.120. The van der Waals surface area contributed by atoms with Gasteiger partial charge in [-0.25, -0.2) is 0 Å². The van der Waals surface area contributed by atoms with Crippen LogP contribution < -0.4 is 0 Å². The van der Waals surface area contributed by atoms with Gasteiger partial charge >= 0.3 is 0 Å². The zero-order valence-corrected chi connectivity index (χ0v) is 8.87. The molecule has 0 aromatic heterocycles. The maximum absolute atomic E-state index is 10.0. The Kier molecular flexibility index (Phi) is 3.10. The molecule has 2 rings (SSSR count). The number of aliphatic hydroxyl groups is 1. The molecule has 1 aliphatic carbocycles. The van der Waals surface area contributed by atoms with Gasteiger partial charge in [0, 0.05) is 26.6 Å². The van der Waals surface area contributed by atoms with Crippen LogP contribution in [0.2, 0.25) is 0 Å². The summed E-state index contributed by atoms with van der Waals surface area (Å²) in [4.78, 5) is 0. The van der Waals surface area contributed by atoms with Crippen molar-refractivity contribution in [2.45, 2.75) is 56.3 Å². The molecule has 0 radical (unpaired) electrons. The predicted octanol–water partition coefficient (Wildman–Crippen LogP) is 1.49. The fraction of sp³-hybridized carbons (Fsp3) is 1.00. The Labute approximate surface area is 85.4 Å². The van der Waals surface area contributed by atoms with Crippen molar-refractivity contribution in [1.82, 2.24) is 0 Å². The summed E-state index contributed by atoms with van der Waals surface area (Å²) in [6, 6.07) is 0. The van der Waals surface area contributed by atoms with Crippen molar-refractivity contribution < 1.29 is 14.6 Å². The van der Waals surface area contributed by atoms with E-state index in [0.29, 0.717) is 6.10 Å². The van der Waals surface area contributed by atoms with Gasteiger partial charge in [0.2, 0.25) is 0 Å². The van der Waals surface area contributed by atoms with Crippen LogP contribution in [0.4, 0.5) is 0 Å². The normalized spacial score (nSPS) is 42.4. The third-order valence-corrected chi connectivity index (χ3v) is 3.50. The lowest BCUT2D eigenvalue weighted by Gasteiger charge is -2.43. The number of methoxy groups -OCH3 is 1. The molecule has 3 nitrogen and oxygen atoms in total. The van der Waals surface area contributed by atoms with E-state index in [1.165, 1.54) is 12.8 Å². The van der Waals surface area contributed by atoms with Crippen LogP contribution >= 0.6 is 0 Å². The lowest BCUT2D eigenvalue weighted by Crippen LogP contribution is -2.48. The SMILES string of the molecule is COC1CC(O)(CCC2CCCO2)C1. The summed E-state index contributed by atoms with van der Waals surface area (Å²) >= 11 is 0. The maximum atomic E-state index is 10.0. The Morgan fingerprint density at radius 3 is 2.86 bits per heavy atom. The van der Waals surface area contributed by atoms with E-state index in [9.17, 15) is 5.11 Å². The fourth-order valence-corrected chi connectivity index (χ4v) is 2.46. The molecule has 3 heteroatoms. The van der Waals surface area contributed by atoms with E-state index in [0.717, 1.165) is 32.3 Å². The Morgan fingerprint density at radius 1 is 1.50 bits per heavy atom. The van der Waals surface area contributed by atoms with Crippen LogP contribution in [0.25, 0.3) is 0 Å². The highest BCUT2D eigenvalue weighted by Crippen LogP contribution is 2.38. The first-order valence-electron chi connectivity index (χ1n) is 5.59. The topological polar surface area (TPSA) is 38.7 Å². The van der Waals surface area contributed by atoms with Crippen molar-refractivity contribution >= 4 is 0 Å². The minimum atomic E-state index is -0.452. The van der Waals surface area contributed by atoms with Crippen LogP contribution in [0, 0.1) is 0 Å². The molecular weight excluding hydrogens is 180 g/mol. The van der Waals surface area contributed by atoms with E-state index in [2.05, 4.69) is 0 Å². The average molecular weight is 200 g/mol. The van der Waals surface area contributed by atoms with Crippen molar-refractivity contribution in [2.75, 3.05) is 13.7 Å². The molecule has 1 heterocycles. The Bertz CT molecular complexity index is 181. The summed E-state index contributed by atoms with van der Waals surface area (Å²) in [5.41, 5.74) is -0.452. The molecule has 1 saturated heterocycles. The summed E-state index contributed by atoms with van der Waals surface area (Å²) in [5, 5.41) is 10.0. The van der Waals surface area contributed by atoms with E-state index in [4.69, 9.17) is 9.47 Å². The van der Waals surface area contributed by atoms with Gasteiger partial charge in [-0.15, -0.1) is 0 Å². The molecule has 1 aliphatic heterocycles. The lowest BCUT2D eigenvalue weighted by molar-refractivity contribution is -0.135. The first-order chi connectivity index (χ1) is 6.72. The van der Waals surface area contributed by atoms with Crippen LogP contribution in [0.3, 0.4) is 0 Å². The molecule has 0 spiro atoms. The van der Waals surface area contributed by atoms with Gasteiger partial charge in [-0.1, -0.05) is 0 Å². The summed E-state index contributed by atoms with van der Waals surface area (Å²) in [6.07, 6.45) is 6.52. The van der Waals surface area contributed by atoms with E-state index in [1.807, 2.05) is 0 Å². The zero-order valence-electron chi connectivity index (χ0n) is 8.87. The van der Waals surface area contributed by atoms with Gasteiger partial charge in [0.05, 0.1) is 17.8 Å². The van der Waals surface area contributed by atoms with Crippen molar-refractivity contribution in [3.8, 4) is 0 Å². The second-order valence-corrected chi connectivity index (χ2v) is 4.66. The molecule has 0 amide bonds. The molecule has 1 unspecified atom stereocenters. The van der Waals surface area contributed by atoms with Crippen LogP contribution in [-0.2, 0) is 9.47 Å². The summed E-state index contributed by atoms with van der Waals surface area (Å²) in [5.74, 6) is 0. The average Bonchev–Trinajstić information content (AvgIpc) is 2.62. The van der Waals surface area contributed by atoms with E-state index >= 15 is 0 Å². The minimum Gasteiger partial charge on any atom is -0.390 e. The highest BCUT2D eigenvalue weighted by atomic mass is 16.5. The zero-order chi connectivity index (χ0) is 10.0.